The van der Waals surface area contributed by atoms with E-state index in [-0.39, 0.29) is 11.5 Å². The van der Waals surface area contributed by atoms with Crippen LogP contribution in [0.25, 0.3) is 10.1 Å². The highest BCUT2D eigenvalue weighted by Crippen LogP contribution is 2.49. The third-order valence-corrected chi connectivity index (χ3v) is 6.73. The van der Waals surface area contributed by atoms with Crippen molar-refractivity contribution in [3.63, 3.8) is 0 Å². The summed E-state index contributed by atoms with van der Waals surface area (Å²) < 4.78 is 14.6. The van der Waals surface area contributed by atoms with Crippen molar-refractivity contribution in [3.8, 4) is 0 Å². The highest BCUT2D eigenvalue weighted by atomic mass is 32.1. The molecular formula is C17H18FN3S. The van der Waals surface area contributed by atoms with E-state index < -0.39 is 0 Å². The number of halogens is 1. The molecule has 1 aromatic heterocycles. The summed E-state index contributed by atoms with van der Waals surface area (Å²) in [5.41, 5.74) is 6.64. The summed E-state index contributed by atoms with van der Waals surface area (Å²) in [5.74, 6) is 2.18. The fourth-order valence-electron chi connectivity index (χ4n) is 4.42. The largest absolute Gasteiger partial charge is 0.303 e. The Morgan fingerprint density at radius 2 is 2.09 bits per heavy atom. The molecule has 3 fully saturated rings. The lowest BCUT2D eigenvalue weighted by atomic mass is 9.65. The lowest BCUT2D eigenvalue weighted by molar-refractivity contribution is 0.0506. The van der Waals surface area contributed by atoms with Crippen molar-refractivity contribution in [1.29, 1.82) is 0 Å². The molecule has 1 aromatic carbocycles. The van der Waals surface area contributed by atoms with Gasteiger partial charge in [-0.3, -0.25) is 0 Å². The van der Waals surface area contributed by atoms with Crippen molar-refractivity contribution in [2.75, 3.05) is 0 Å². The molecule has 3 saturated carbocycles. The molecule has 114 valence electrons. The minimum absolute atomic E-state index is 0.120. The summed E-state index contributed by atoms with van der Waals surface area (Å²) >= 11 is 1.48. The summed E-state index contributed by atoms with van der Waals surface area (Å²) in [6, 6.07) is 7.28. The van der Waals surface area contributed by atoms with Crippen molar-refractivity contribution >= 4 is 27.3 Å². The first-order chi connectivity index (χ1) is 10.7. The number of aliphatic imine (C=N–C) groups is 1. The molecule has 4 aliphatic rings. The molecule has 2 heterocycles. The first kappa shape index (κ1) is 13.0. The summed E-state index contributed by atoms with van der Waals surface area (Å²) in [7, 11) is 0. The Morgan fingerprint density at radius 1 is 1.23 bits per heavy atom. The van der Waals surface area contributed by atoms with Gasteiger partial charge in [0.25, 0.3) is 0 Å². The average molecular weight is 315 g/mol. The average Bonchev–Trinajstić information content (AvgIpc) is 3.14. The summed E-state index contributed by atoms with van der Waals surface area (Å²) in [5, 5.41) is 0.954. The fraction of sp³-hybridized carbons (Fsp3) is 0.471. The fourth-order valence-corrected chi connectivity index (χ4v) is 5.43. The van der Waals surface area contributed by atoms with E-state index >= 15 is 0 Å². The predicted molar refractivity (Wildman–Crippen MR) is 87.4 cm³/mol. The number of benzene rings is 1. The number of hydrazine groups is 1. The Labute approximate surface area is 132 Å². The summed E-state index contributed by atoms with van der Waals surface area (Å²) in [4.78, 5) is 6.06. The van der Waals surface area contributed by atoms with Crippen molar-refractivity contribution in [3.05, 3.63) is 35.0 Å². The van der Waals surface area contributed by atoms with Gasteiger partial charge in [-0.25, -0.2) is 14.8 Å². The second kappa shape index (κ2) is 4.52. The minimum Gasteiger partial charge on any atom is -0.303 e. The number of fused-ring (bicyclic) bond motifs is 3. The van der Waals surface area contributed by atoms with Crippen LogP contribution in [-0.2, 0) is 0 Å². The van der Waals surface area contributed by atoms with E-state index in [4.69, 9.17) is 4.99 Å². The zero-order chi connectivity index (χ0) is 14.7. The number of thiophene rings is 1. The van der Waals surface area contributed by atoms with Gasteiger partial charge in [-0.05, 0) is 61.5 Å². The molecule has 3 nitrogen and oxygen atoms in total. The zero-order valence-electron chi connectivity index (χ0n) is 12.2. The van der Waals surface area contributed by atoms with Gasteiger partial charge >= 0.3 is 0 Å². The molecule has 0 radical (unpaired) electrons. The summed E-state index contributed by atoms with van der Waals surface area (Å²) in [6.45, 7) is 0. The van der Waals surface area contributed by atoms with E-state index in [9.17, 15) is 4.39 Å². The van der Waals surface area contributed by atoms with Crippen LogP contribution in [0.1, 0.15) is 37.0 Å². The molecule has 6 rings (SSSR count). The van der Waals surface area contributed by atoms with Crippen LogP contribution in [0.4, 0.5) is 4.39 Å². The van der Waals surface area contributed by atoms with E-state index in [1.54, 1.807) is 6.07 Å². The van der Waals surface area contributed by atoms with Crippen molar-refractivity contribution in [2.24, 2.45) is 16.8 Å². The van der Waals surface area contributed by atoms with Gasteiger partial charge in [-0.1, -0.05) is 12.1 Å². The van der Waals surface area contributed by atoms with E-state index in [1.165, 1.54) is 43.1 Å². The van der Waals surface area contributed by atoms with Crippen LogP contribution in [0.2, 0.25) is 0 Å². The highest BCUT2D eigenvalue weighted by Gasteiger charge is 2.50. The third-order valence-electron chi connectivity index (χ3n) is 5.56. The Morgan fingerprint density at radius 3 is 2.82 bits per heavy atom. The Kier molecular flexibility index (Phi) is 2.68. The van der Waals surface area contributed by atoms with E-state index in [0.29, 0.717) is 10.6 Å². The maximum absolute atomic E-state index is 13.9. The Balaban J connectivity index is 1.55. The number of amidine groups is 1. The van der Waals surface area contributed by atoms with Crippen LogP contribution in [0.5, 0.6) is 0 Å². The predicted octanol–water partition coefficient (Wildman–Crippen LogP) is 3.80. The van der Waals surface area contributed by atoms with Crippen LogP contribution < -0.4 is 10.9 Å². The van der Waals surface area contributed by atoms with Crippen LogP contribution in [0, 0.1) is 17.7 Å². The Bertz CT molecular complexity index is 775. The van der Waals surface area contributed by atoms with E-state index in [2.05, 4.69) is 10.9 Å². The van der Waals surface area contributed by atoms with Gasteiger partial charge in [0.2, 0.25) is 0 Å². The molecule has 2 aromatic rings. The number of nitrogens with one attached hydrogen (secondary N) is 2. The molecule has 22 heavy (non-hydrogen) atoms. The van der Waals surface area contributed by atoms with Gasteiger partial charge in [0.05, 0.1) is 9.58 Å². The maximum Gasteiger partial charge on any atom is 0.155 e. The molecule has 1 atom stereocenters. The molecule has 3 aliphatic carbocycles. The zero-order valence-corrected chi connectivity index (χ0v) is 13.0. The van der Waals surface area contributed by atoms with Crippen molar-refractivity contribution in [2.45, 2.75) is 37.8 Å². The molecular weight excluding hydrogens is 297 g/mol. The van der Waals surface area contributed by atoms with Gasteiger partial charge in [0.15, 0.2) is 5.84 Å². The van der Waals surface area contributed by atoms with E-state index in [1.807, 2.05) is 12.1 Å². The number of hydrogen-bond donors (Lipinski definition) is 2. The molecule has 5 heteroatoms. The topological polar surface area (TPSA) is 36.4 Å². The van der Waals surface area contributed by atoms with Gasteiger partial charge in [-0.15, -0.1) is 11.3 Å². The normalized spacial score (nSPS) is 33.4. The van der Waals surface area contributed by atoms with Gasteiger partial charge in [0, 0.05) is 0 Å². The van der Waals surface area contributed by atoms with Crippen LogP contribution >= 0.6 is 11.3 Å². The molecule has 1 aliphatic heterocycles. The standard InChI is InChI=1S/C17H18FN3S/c18-13-3-1-2-11-8-14(22-15(11)13)16-19-17(21-20-16)9-10-4-6-12(17)7-5-10/h1-3,8,10,12,21H,4-7,9H2,(H,19,20)/t10?,12?,17-/m0/s1. The lowest BCUT2D eigenvalue weighted by Gasteiger charge is -2.47. The number of nitrogens with zero attached hydrogens (tertiary/aromatic N) is 1. The smallest absolute Gasteiger partial charge is 0.155 e. The quantitative estimate of drug-likeness (QED) is 0.840. The maximum atomic E-state index is 13.9. The highest BCUT2D eigenvalue weighted by molar-refractivity contribution is 7.20. The van der Waals surface area contributed by atoms with Crippen molar-refractivity contribution < 1.29 is 4.39 Å². The molecule has 1 spiro atoms. The molecule has 0 saturated heterocycles. The first-order valence-electron chi connectivity index (χ1n) is 8.05. The number of rotatable bonds is 1. The third kappa shape index (κ3) is 1.78. The van der Waals surface area contributed by atoms with E-state index in [0.717, 1.165) is 28.4 Å². The van der Waals surface area contributed by atoms with Gasteiger partial charge in [-0.2, -0.15) is 0 Å². The second-order valence-corrected chi connectivity index (χ2v) is 7.88. The van der Waals surface area contributed by atoms with Crippen LogP contribution in [0.15, 0.2) is 29.3 Å². The van der Waals surface area contributed by atoms with Gasteiger partial charge in [0.1, 0.15) is 11.5 Å². The first-order valence-corrected chi connectivity index (χ1v) is 8.87. The molecule has 2 bridgehead atoms. The van der Waals surface area contributed by atoms with Crippen LogP contribution in [0.3, 0.4) is 0 Å². The van der Waals surface area contributed by atoms with Gasteiger partial charge < -0.3 is 5.43 Å². The molecule has 0 unspecified atom stereocenters. The second-order valence-electron chi connectivity index (χ2n) is 6.83. The number of hydrogen-bond acceptors (Lipinski definition) is 4. The SMILES string of the molecule is Fc1cccc2cc(C3=N[C@@]4(CC5CCC4CC5)NN3)sc12. The summed E-state index contributed by atoms with van der Waals surface area (Å²) in [6.07, 6.45) is 6.39. The van der Waals surface area contributed by atoms with Crippen LogP contribution in [-0.4, -0.2) is 11.5 Å². The molecule has 0 amide bonds. The Hall–Kier alpha value is -1.46. The minimum atomic E-state index is -0.147. The van der Waals surface area contributed by atoms with Crippen molar-refractivity contribution in [1.82, 2.24) is 10.9 Å². The lowest BCUT2D eigenvalue weighted by Crippen LogP contribution is -2.56. The monoisotopic (exact) mass is 315 g/mol. The molecule has 2 N–H and O–H groups in total.